The second-order valence-corrected chi connectivity index (χ2v) is 4.59. The number of alkyl halides is 3. The van der Waals surface area contributed by atoms with E-state index in [1.165, 1.54) is 18.2 Å². The molecule has 0 fully saturated rings. The third-order valence-electron chi connectivity index (χ3n) is 3.07. The monoisotopic (exact) mass is 297 g/mol. The van der Waals surface area contributed by atoms with Crippen molar-refractivity contribution in [2.75, 3.05) is 5.73 Å². The summed E-state index contributed by atoms with van der Waals surface area (Å²) in [6.45, 7) is 1.68. The molecule has 0 atom stereocenters. The zero-order valence-corrected chi connectivity index (χ0v) is 11.0. The van der Waals surface area contributed by atoms with Crippen molar-refractivity contribution >= 4 is 11.5 Å². The van der Waals surface area contributed by atoms with Crippen LogP contribution in [0, 0.1) is 12.7 Å². The summed E-state index contributed by atoms with van der Waals surface area (Å²) in [5.74, 6) is -2.03. The number of hydrogen-bond donors (Lipinski definition) is 1. The first-order valence-electron chi connectivity index (χ1n) is 5.97. The summed E-state index contributed by atoms with van der Waals surface area (Å²) < 4.78 is 51.1. The van der Waals surface area contributed by atoms with Gasteiger partial charge in [-0.1, -0.05) is 0 Å². The Morgan fingerprint density at radius 3 is 2.19 bits per heavy atom. The van der Waals surface area contributed by atoms with Gasteiger partial charge in [-0.05, 0) is 48.9 Å². The molecule has 0 aromatic heterocycles. The molecule has 0 radical (unpaired) electrons. The van der Waals surface area contributed by atoms with Crippen LogP contribution < -0.4 is 5.73 Å². The number of aryl methyl sites for hydroxylation is 1. The van der Waals surface area contributed by atoms with Gasteiger partial charge in [-0.2, -0.15) is 13.2 Å². The van der Waals surface area contributed by atoms with E-state index in [-0.39, 0.29) is 11.1 Å². The minimum atomic E-state index is -4.85. The lowest BCUT2D eigenvalue weighted by atomic mass is 9.99. The molecule has 21 heavy (non-hydrogen) atoms. The van der Waals surface area contributed by atoms with Crippen molar-refractivity contribution in [3.63, 3.8) is 0 Å². The number of ketones is 1. The fourth-order valence-corrected chi connectivity index (χ4v) is 1.87. The van der Waals surface area contributed by atoms with Gasteiger partial charge in [0.2, 0.25) is 0 Å². The molecule has 0 aliphatic heterocycles. The Morgan fingerprint density at radius 2 is 1.62 bits per heavy atom. The number of anilines is 1. The summed E-state index contributed by atoms with van der Waals surface area (Å²) in [4.78, 5) is 12.2. The Bertz CT molecular complexity index is 707. The molecule has 2 rings (SSSR count). The minimum Gasteiger partial charge on any atom is -0.399 e. The summed E-state index contributed by atoms with van der Waals surface area (Å²) in [7, 11) is 0. The summed E-state index contributed by atoms with van der Waals surface area (Å²) in [6.07, 6.45) is -4.85. The summed E-state index contributed by atoms with van der Waals surface area (Å²) >= 11 is 0. The molecule has 0 unspecified atom stereocenters. The molecule has 2 nitrogen and oxygen atoms in total. The van der Waals surface area contributed by atoms with Crippen LogP contribution in [-0.4, -0.2) is 5.78 Å². The number of benzene rings is 2. The lowest BCUT2D eigenvalue weighted by Crippen LogP contribution is -2.11. The molecule has 2 aromatic carbocycles. The van der Waals surface area contributed by atoms with Crippen molar-refractivity contribution in [1.82, 2.24) is 0 Å². The molecule has 2 N–H and O–H groups in total. The standard InChI is InChI=1S/C15H11F4NO/c1-8-6-9(3-5-13(8)20)14(21)10-2-4-12(16)11(7-10)15(17,18)19/h2-7H,20H2,1H3. The molecule has 0 saturated carbocycles. The first-order valence-corrected chi connectivity index (χ1v) is 5.97. The maximum Gasteiger partial charge on any atom is 0.419 e. The second-order valence-electron chi connectivity index (χ2n) is 4.59. The zero-order valence-electron chi connectivity index (χ0n) is 11.0. The Labute approximate surface area is 118 Å². The third-order valence-corrected chi connectivity index (χ3v) is 3.07. The van der Waals surface area contributed by atoms with Gasteiger partial charge in [-0.3, -0.25) is 4.79 Å². The van der Waals surface area contributed by atoms with Crippen molar-refractivity contribution < 1.29 is 22.4 Å². The number of halogens is 4. The van der Waals surface area contributed by atoms with Crippen LogP contribution in [0.3, 0.4) is 0 Å². The van der Waals surface area contributed by atoms with Crippen LogP contribution in [0.4, 0.5) is 23.2 Å². The van der Waals surface area contributed by atoms with Gasteiger partial charge in [-0.25, -0.2) is 4.39 Å². The number of nitrogens with two attached hydrogens (primary N) is 1. The Balaban J connectivity index is 2.46. The minimum absolute atomic E-state index is 0.196. The molecule has 110 valence electrons. The van der Waals surface area contributed by atoms with E-state index in [4.69, 9.17) is 5.73 Å². The molecule has 0 bridgehead atoms. The number of carbonyl (C=O) groups excluding carboxylic acids is 1. The Kier molecular flexibility index (Phi) is 3.72. The van der Waals surface area contributed by atoms with Gasteiger partial charge in [0, 0.05) is 16.8 Å². The molecule has 0 heterocycles. The van der Waals surface area contributed by atoms with E-state index in [9.17, 15) is 22.4 Å². The van der Waals surface area contributed by atoms with Gasteiger partial charge < -0.3 is 5.73 Å². The summed E-state index contributed by atoms with van der Waals surface area (Å²) in [5.41, 5.74) is 5.24. The highest BCUT2D eigenvalue weighted by molar-refractivity contribution is 6.09. The molecular weight excluding hydrogens is 286 g/mol. The Morgan fingerprint density at radius 1 is 1.05 bits per heavy atom. The van der Waals surface area contributed by atoms with Gasteiger partial charge in [0.25, 0.3) is 0 Å². The Hall–Kier alpha value is -2.37. The number of hydrogen-bond acceptors (Lipinski definition) is 2. The van der Waals surface area contributed by atoms with Crippen molar-refractivity contribution in [1.29, 1.82) is 0 Å². The predicted molar refractivity (Wildman–Crippen MR) is 70.4 cm³/mol. The fourth-order valence-electron chi connectivity index (χ4n) is 1.87. The molecule has 0 aliphatic carbocycles. The first-order chi connectivity index (χ1) is 9.70. The van der Waals surface area contributed by atoms with E-state index < -0.39 is 23.3 Å². The van der Waals surface area contributed by atoms with Crippen molar-refractivity contribution in [2.24, 2.45) is 0 Å². The molecule has 0 spiro atoms. The van der Waals surface area contributed by atoms with Gasteiger partial charge >= 0.3 is 6.18 Å². The number of nitrogen functional groups attached to an aromatic ring is 1. The predicted octanol–water partition coefficient (Wildman–Crippen LogP) is 3.97. The van der Waals surface area contributed by atoms with Crippen LogP contribution in [0.1, 0.15) is 27.0 Å². The molecule has 0 amide bonds. The van der Waals surface area contributed by atoms with Gasteiger partial charge in [0.05, 0.1) is 5.56 Å². The van der Waals surface area contributed by atoms with Gasteiger partial charge in [0.1, 0.15) is 5.82 Å². The molecule has 0 aliphatic rings. The normalized spacial score (nSPS) is 11.5. The lowest BCUT2D eigenvalue weighted by molar-refractivity contribution is -0.140. The van der Waals surface area contributed by atoms with Crippen molar-refractivity contribution in [2.45, 2.75) is 13.1 Å². The van der Waals surface area contributed by atoms with Crippen LogP contribution in [0.5, 0.6) is 0 Å². The summed E-state index contributed by atoms with van der Waals surface area (Å²) in [5, 5.41) is 0. The average Bonchev–Trinajstić information content (AvgIpc) is 2.40. The maximum absolute atomic E-state index is 13.2. The SMILES string of the molecule is Cc1cc(C(=O)c2ccc(F)c(C(F)(F)F)c2)ccc1N. The molecular formula is C15H11F4NO. The van der Waals surface area contributed by atoms with Crippen LogP contribution in [0.15, 0.2) is 36.4 Å². The highest BCUT2D eigenvalue weighted by atomic mass is 19.4. The largest absolute Gasteiger partial charge is 0.419 e. The smallest absolute Gasteiger partial charge is 0.399 e. The van der Waals surface area contributed by atoms with Gasteiger partial charge in [0.15, 0.2) is 5.78 Å². The third kappa shape index (κ3) is 3.04. The van der Waals surface area contributed by atoms with E-state index in [2.05, 4.69) is 0 Å². The van der Waals surface area contributed by atoms with E-state index in [0.29, 0.717) is 23.4 Å². The van der Waals surface area contributed by atoms with E-state index in [1.807, 2.05) is 0 Å². The van der Waals surface area contributed by atoms with E-state index in [0.717, 1.165) is 6.07 Å². The number of rotatable bonds is 2. The highest BCUT2D eigenvalue weighted by Crippen LogP contribution is 2.32. The quantitative estimate of drug-likeness (QED) is 0.518. The average molecular weight is 297 g/mol. The van der Waals surface area contributed by atoms with Crippen molar-refractivity contribution in [3.05, 3.63) is 64.5 Å². The zero-order chi connectivity index (χ0) is 15.8. The second kappa shape index (κ2) is 5.20. The van der Waals surface area contributed by atoms with Crippen LogP contribution >= 0.6 is 0 Å². The van der Waals surface area contributed by atoms with Crippen molar-refractivity contribution in [3.8, 4) is 0 Å². The molecule has 6 heteroatoms. The van der Waals surface area contributed by atoms with Gasteiger partial charge in [-0.15, -0.1) is 0 Å². The number of carbonyl (C=O) groups is 1. The topological polar surface area (TPSA) is 43.1 Å². The first kappa shape index (κ1) is 15.0. The van der Waals surface area contributed by atoms with E-state index >= 15 is 0 Å². The molecule has 0 saturated heterocycles. The van der Waals surface area contributed by atoms with Crippen LogP contribution in [0.25, 0.3) is 0 Å². The van der Waals surface area contributed by atoms with E-state index in [1.54, 1.807) is 6.92 Å². The van der Waals surface area contributed by atoms with Crippen LogP contribution in [0.2, 0.25) is 0 Å². The highest BCUT2D eigenvalue weighted by Gasteiger charge is 2.34. The van der Waals surface area contributed by atoms with Crippen LogP contribution in [-0.2, 0) is 6.18 Å². The fraction of sp³-hybridized carbons (Fsp3) is 0.133. The molecule has 2 aromatic rings. The lowest BCUT2D eigenvalue weighted by Gasteiger charge is -2.10. The summed E-state index contributed by atoms with van der Waals surface area (Å²) in [6, 6.07) is 6.58. The maximum atomic E-state index is 13.2.